The van der Waals surface area contributed by atoms with Crippen LogP contribution in [-0.2, 0) is 9.53 Å². The maximum absolute atomic E-state index is 11.9. The van der Waals surface area contributed by atoms with E-state index in [0.717, 1.165) is 25.0 Å². The molecule has 0 aromatic carbocycles. The van der Waals surface area contributed by atoms with E-state index in [1.807, 2.05) is 19.1 Å². The van der Waals surface area contributed by atoms with Crippen molar-refractivity contribution in [3.8, 4) is 0 Å². The lowest BCUT2D eigenvalue weighted by atomic mass is 9.72. The van der Waals surface area contributed by atoms with E-state index in [2.05, 4.69) is 51.2 Å². The molecule has 2 aliphatic rings. The first-order chi connectivity index (χ1) is 13.3. The van der Waals surface area contributed by atoms with Crippen LogP contribution < -0.4 is 5.32 Å². The quantitative estimate of drug-likeness (QED) is 0.342. The zero-order chi connectivity index (χ0) is 20.6. The molecular weight excluding hydrogens is 346 g/mol. The molecule has 154 valence electrons. The van der Waals surface area contributed by atoms with Crippen LogP contribution in [0.15, 0.2) is 58.7 Å². The summed E-state index contributed by atoms with van der Waals surface area (Å²) in [5, 5.41) is 3.33. The van der Waals surface area contributed by atoms with Crippen molar-refractivity contribution in [3.05, 3.63) is 58.7 Å². The van der Waals surface area contributed by atoms with Crippen molar-refractivity contribution >= 4 is 5.97 Å². The average molecular weight is 384 g/mol. The maximum Gasteiger partial charge on any atom is 0.331 e. The van der Waals surface area contributed by atoms with Crippen LogP contribution in [0.5, 0.6) is 0 Å². The Kier molecular flexibility index (Phi) is 8.50. The molecule has 1 aliphatic carbocycles. The fourth-order valence-corrected chi connectivity index (χ4v) is 3.99. The van der Waals surface area contributed by atoms with Crippen molar-refractivity contribution in [2.45, 2.75) is 72.8 Å². The predicted molar refractivity (Wildman–Crippen MR) is 118 cm³/mol. The minimum absolute atomic E-state index is 0.265. The first-order valence-corrected chi connectivity index (χ1v) is 10.6. The highest BCUT2D eigenvalue weighted by Gasteiger charge is 2.26. The summed E-state index contributed by atoms with van der Waals surface area (Å²) in [5.74, 6) is -0.265. The van der Waals surface area contributed by atoms with Crippen LogP contribution in [0.1, 0.15) is 66.7 Å². The van der Waals surface area contributed by atoms with Crippen LogP contribution in [-0.4, -0.2) is 25.2 Å². The molecule has 0 spiro atoms. The number of nitrogens with one attached hydrogen (secondary N) is 1. The van der Waals surface area contributed by atoms with Gasteiger partial charge in [0, 0.05) is 12.1 Å². The molecule has 28 heavy (non-hydrogen) atoms. The molecule has 1 aliphatic heterocycles. The maximum atomic E-state index is 11.9. The van der Waals surface area contributed by atoms with E-state index >= 15 is 0 Å². The predicted octanol–water partition coefficient (Wildman–Crippen LogP) is 5.81. The molecule has 0 aromatic heterocycles. The number of carbonyl (C=O) groups excluding carboxylic acids is 1. The van der Waals surface area contributed by atoms with Gasteiger partial charge in [0.15, 0.2) is 0 Å². The summed E-state index contributed by atoms with van der Waals surface area (Å²) in [5.41, 5.74) is 5.35. The van der Waals surface area contributed by atoms with Gasteiger partial charge < -0.3 is 10.1 Å². The molecule has 1 fully saturated rings. The van der Waals surface area contributed by atoms with E-state index < -0.39 is 0 Å². The van der Waals surface area contributed by atoms with Crippen LogP contribution in [0.2, 0.25) is 0 Å². The third kappa shape index (κ3) is 7.27. The highest BCUT2D eigenvalue weighted by atomic mass is 16.5. The third-order valence-corrected chi connectivity index (χ3v) is 5.71. The summed E-state index contributed by atoms with van der Waals surface area (Å²) in [6.45, 7) is 12.4. The van der Waals surface area contributed by atoms with Crippen LogP contribution in [0.3, 0.4) is 0 Å². The SMILES string of the molecule is CC1=C(/C=C/C(C)=C\C=C\C(C)=C\C(=O)OCC2CCCN2)C(C)(C)CCC1. The van der Waals surface area contributed by atoms with Gasteiger partial charge in [-0.3, -0.25) is 0 Å². The standard InChI is InChI=1S/C25H37NO2/c1-19(13-14-23-21(3)11-7-15-25(23,4)5)9-6-10-20(2)17-24(27)28-18-22-12-8-16-26-22/h6,9-10,13-14,17,22,26H,7-8,11-12,15-16,18H2,1-5H3/b10-6+,14-13+,19-9-,20-17+. The number of ether oxygens (including phenoxy) is 1. The molecule has 0 saturated carbocycles. The molecule has 1 atom stereocenters. The zero-order valence-corrected chi connectivity index (χ0v) is 18.3. The Morgan fingerprint density at radius 1 is 1.21 bits per heavy atom. The molecule has 1 heterocycles. The van der Waals surface area contributed by atoms with Crippen LogP contribution >= 0.6 is 0 Å². The van der Waals surface area contributed by atoms with Gasteiger partial charge in [-0.2, -0.15) is 0 Å². The van der Waals surface area contributed by atoms with Gasteiger partial charge in [-0.25, -0.2) is 4.79 Å². The number of rotatable bonds is 7. The highest BCUT2D eigenvalue weighted by molar-refractivity contribution is 5.83. The summed E-state index contributed by atoms with van der Waals surface area (Å²) in [4.78, 5) is 11.9. The van der Waals surface area contributed by atoms with Gasteiger partial charge in [0.25, 0.3) is 0 Å². The topological polar surface area (TPSA) is 38.3 Å². The second kappa shape index (κ2) is 10.6. The van der Waals surface area contributed by atoms with Crippen molar-refractivity contribution in [2.75, 3.05) is 13.2 Å². The van der Waals surface area contributed by atoms with Crippen molar-refractivity contribution < 1.29 is 9.53 Å². The van der Waals surface area contributed by atoms with Gasteiger partial charge in [0.1, 0.15) is 6.61 Å². The lowest BCUT2D eigenvalue weighted by Crippen LogP contribution is -2.27. The number of hydrogen-bond acceptors (Lipinski definition) is 3. The summed E-state index contributed by atoms with van der Waals surface area (Å²) in [6, 6.07) is 0.318. The lowest BCUT2D eigenvalue weighted by Gasteiger charge is -2.32. The van der Waals surface area contributed by atoms with Gasteiger partial charge >= 0.3 is 5.97 Å². The average Bonchev–Trinajstić information content (AvgIpc) is 3.12. The second-order valence-electron chi connectivity index (χ2n) is 8.85. The van der Waals surface area contributed by atoms with Crippen LogP contribution in [0, 0.1) is 5.41 Å². The number of allylic oxidation sites excluding steroid dienone is 9. The minimum atomic E-state index is -0.265. The molecule has 3 heteroatoms. The molecule has 1 N–H and O–H groups in total. The second-order valence-corrected chi connectivity index (χ2v) is 8.85. The van der Waals surface area contributed by atoms with E-state index in [-0.39, 0.29) is 11.4 Å². The first kappa shape index (κ1) is 22.4. The molecule has 0 amide bonds. The van der Waals surface area contributed by atoms with Crippen LogP contribution in [0.25, 0.3) is 0 Å². The summed E-state index contributed by atoms with van der Waals surface area (Å²) in [7, 11) is 0. The molecule has 0 aromatic rings. The van der Waals surface area contributed by atoms with E-state index in [0.29, 0.717) is 12.6 Å². The van der Waals surface area contributed by atoms with Crippen molar-refractivity contribution in [2.24, 2.45) is 5.41 Å². The fraction of sp³-hybridized carbons (Fsp3) is 0.560. The van der Waals surface area contributed by atoms with E-state index in [1.54, 1.807) is 6.08 Å². The Hall–Kier alpha value is -1.87. The summed E-state index contributed by atoms with van der Waals surface area (Å²) in [6.07, 6.45) is 18.0. The molecule has 2 rings (SSSR count). The fourth-order valence-electron chi connectivity index (χ4n) is 3.99. The number of hydrogen-bond donors (Lipinski definition) is 1. The Morgan fingerprint density at radius 3 is 2.68 bits per heavy atom. The largest absolute Gasteiger partial charge is 0.461 e. The smallest absolute Gasteiger partial charge is 0.331 e. The Bertz CT molecular complexity index is 698. The lowest BCUT2D eigenvalue weighted by molar-refractivity contribution is -0.138. The van der Waals surface area contributed by atoms with Gasteiger partial charge in [-0.1, -0.05) is 55.4 Å². The Morgan fingerprint density at radius 2 is 2.00 bits per heavy atom. The minimum Gasteiger partial charge on any atom is -0.461 e. The Labute approximate surface area is 171 Å². The van der Waals surface area contributed by atoms with Crippen LogP contribution in [0.4, 0.5) is 0 Å². The highest BCUT2D eigenvalue weighted by Crippen LogP contribution is 2.40. The van der Waals surface area contributed by atoms with Gasteiger partial charge in [0.05, 0.1) is 0 Å². The monoisotopic (exact) mass is 383 g/mol. The van der Waals surface area contributed by atoms with E-state index in [9.17, 15) is 4.79 Å². The van der Waals surface area contributed by atoms with Crippen molar-refractivity contribution in [1.29, 1.82) is 0 Å². The van der Waals surface area contributed by atoms with Gasteiger partial charge in [-0.05, 0) is 76.0 Å². The van der Waals surface area contributed by atoms with E-state index in [4.69, 9.17) is 4.74 Å². The normalized spacial score (nSPS) is 23.8. The van der Waals surface area contributed by atoms with Gasteiger partial charge in [0.2, 0.25) is 0 Å². The summed E-state index contributed by atoms with van der Waals surface area (Å²) >= 11 is 0. The molecular formula is C25H37NO2. The molecule has 1 unspecified atom stereocenters. The van der Waals surface area contributed by atoms with E-state index in [1.165, 1.54) is 36.0 Å². The molecule has 0 bridgehead atoms. The zero-order valence-electron chi connectivity index (χ0n) is 18.3. The number of esters is 1. The first-order valence-electron chi connectivity index (χ1n) is 10.6. The molecule has 1 saturated heterocycles. The molecule has 0 radical (unpaired) electrons. The Balaban J connectivity index is 1.86. The summed E-state index contributed by atoms with van der Waals surface area (Å²) < 4.78 is 5.32. The van der Waals surface area contributed by atoms with Crippen molar-refractivity contribution in [3.63, 3.8) is 0 Å². The molecule has 3 nitrogen and oxygen atoms in total. The van der Waals surface area contributed by atoms with Crippen molar-refractivity contribution in [1.82, 2.24) is 5.32 Å². The third-order valence-electron chi connectivity index (χ3n) is 5.71. The number of carbonyl (C=O) groups is 1. The van der Waals surface area contributed by atoms with Gasteiger partial charge in [-0.15, -0.1) is 0 Å².